The van der Waals surface area contributed by atoms with Crippen LogP contribution in [0.15, 0.2) is 41.2 Å². The molecular weight excluding hydrogens is 728 g/mol. The van der Waals surface area contributed by atoms with Crippen molar-refractivity contribution in [2.24, 2.45) is 28.8 Å². The fourth-order valence-electron chi connectivity index (χ4n) is 7.31. The van der Waals surface area contributed by atoms with Gasteiger partial charge in [0, 0.05) is 81.8 Å². The minimum atomic E-state index is -1.49. The number of amides is 1. The number of fused-ring (bicyclic) bond motifs is 15. The number of esters is 2. The molecule has 0 saturated carbocycles. The average molecular weight is 785 g/mol. The predicted molar refractivity (Wildman–Crippen MR) is 208 cm³/mol. The minimum Gasteiger partial charge on any atom is -0.508 e. The molecule has 1 aromatic rings. The number of allylic oxidation sites excluding steroid dienone is 2. The van der Waals surface area contributed by atoms with Gasteiger partial charge in [0.15, 0.2) is 5.75 Å². The molecule has 9 atom stereocenters. The summed E-state index contributed by atoms with van der Waals surface area (Å²) in [6, 6.07) is 0. The van der Waals surface area contributed by atoms with Crippen molar-refractivity contribution in [2.45, 2.75) is 72.1 Å². The summed E-state index contributed by atoms with van der Waals surface area (Å²) in [7, 11) is 4.60. The number of hydrogen-bond acceptors (Lipinski definition) is 15. The number of phenols is 2. The summed E-state index contributed by atoms with van der Waals surface area (Å²) < 4.78 is 22.3. The molecule has 16 nitrogen and oxygen atoms in total. The maximum absolute atomic E-state index is 13.8. The number of piperazine rings is 1. The summed E-state index contributed by atoms with van der Waals surface area (Å²) in [5.74, 6) is -6.71. The molecule has 16 heteroatoms. The first-order valence-corrected chi connectivity index (χ1v) is 18.6. The Kier molecular flexibility index (Phi) is 14.9. The van der Waals surface area contributed by atoms with Crippen LogP contribution in [0.3, 0.4) is 0 Å². The molecule has 1 aromatic carbocycles. The number of nitrogens with zero attached hydrogens (tertiary/aromatic N) is 3. The number of anilines is 1. The van der Waals surface area contributed by atoms with Crippen molar-refractivity contribution < 1.29 is 58.9 Å². The molecule has 56 heavy (non-hydrogen) atoms. The van der Waals surface area contributed by atoms with E-state index in [-0.39, 0.29) is 32.8 Å². The highest BCUT2D eigenvalue weighted by atomic mass is 16.6. The molecule has 1 aliphatic carbocycles. The quantitative estimate of drug-likeness (QED) is 0.107. The van der Waals surface area contributed by atoms with E-state index in [1.54, 1.807) is 44.9 Å². The molecule has 6 N–H and O–H groups in total. The molecule has 3 heterocycles. The topological polar surface area (TPSA) is 220 Å². The number of rotatable bonds is 5. The van der Waals surface area contributed by atoms with Gasteiger partial charge in [-0.2, -0.15) is 5.10 Å². The largest absolute Gasteiger partial charge is 0.508 e. The Morgan fingerprint density at radius 2 is 1.59 bits per heavy atom. The summed E-state index contributed by atoms with van der Waals surface area (Å²) in [4.78, 5) is 41.8. The van der Waals surface area contributed by atoms with Crippen molar-refractivity contribution in [3.05, 3.63) is 52.1 Å². The van der Waals surface area contributed by atoms with Crippen molar-refractivity contribution in [3.63, 3.8) is 0 Å². The van der Waals surface area contributed by atoms with E-state index in [4.69, 9.17) is 18.9 Å². The SMILES string of the molecule is COC1C2=c3c(O)c(/C=N/N4CCN(C)CC4)c(c(O)c3=C1O)NC(=O)/C(C)=C\C=C\[C@H](C)[C@H](O)[C@@H](C)[C@@H](O)[C@@H](C)[C@H](OC(C)=O)[C@H](C)[C@@H](OC)/C=C/OC2=O. The second-order valence-corrected chi connectivity index (χ2v) is 14.8. The molecule has 5 rings (SSSR count). The number of phenolic OH excluding ortho intramolecular Hbond substituents is 2. The zero-order valence-corrected chi connectivity index (χ0v) is 33.4. The fraction of sp³-hybridized carbons (Fsp3) is 0.550. The molecule has 308 valence electrons. The predicted octanol–water partition coefficient (Wildman–Crippen LogP) is 1.25. The van der Waals surface area contributed by atoms with Crippen LogP contribution in [0.5, 0.6) is 11.5 Å². The molecule has 4 aliphatic rings. The lowest BCUT2D eigenvalue weighted by Gasteiger charge is -2.38. The Hall–Kier alpha value is -4.74. The highest BCUT2D eigenvalue weighted by Crippen LogP contribution is 2.34. The Morgan fingerprint density at radius 1 is 0.929 bits per heavy atom. The number of benzene rings is 1. The Labute approximate surface area is 326 Å². The standard InChI is InChI=1S/C40H56N4O12/c1-20-11-10-12-21(2)39(51)42-31-26(19-41-44-16-14-43(7)15-17-44)34(48)28-29(35(31)49)36(50)38(54-9)30(28)40(52)55-18-13-27(53-8)22(3)37(56-25(6)45)24(5)33(47)23(4)32(20)46/h10-13,18-20,22-24,27,32-33,37-38,46-50H,14-17H2,1-9H3,(H,42,51)/b11-10+,18-13+,21-12-,41-19+/t20-,22+,23+,24+,27-,32-,33+,37+,38?/m0/s1. The molecule has 1 unspecified atom stereocenters. The van der Waals surface area contributed by atoms with Crippen LogP contribution in [0, 0.1) is 23.7 Å². The second-order valence-electron chi connectivity index (χ2n) is 14.8. The number of likely N-dealkylation sites (N-methyl/N-ethyl adjacent to an activating group) is 1. The van der Waals surface area contributed by atoms with E-state index in [2.05, 4.69) is 15.3 Å². The third-order valence-electron chi connectivity index (χ3n) is 10.9. The van der Waals surface area contributed by atoms with E-state index in [1.807, 2.05) is 7.05 Å². The molecule has 1 fully saturated rings. The van der Waals surface area contributed by atoms with Gasteiger partial charge in [-0.25, -0.2) is 4.79 Å². The van der Waals surface area contributed by atoms with Crippen molar-refractivity contribution in [2.75, 3.05) is 52.8 Å². The molecule has 0 radical (unpaired) electrons. The maximum atomic E-state index is 13.8. The molecule has 4 bridgehead atoms. The van der Waals surface area contributed by atoms with Crippen LogP contribution in [-0.2, 0) is 33.3 Å². The number of carbonyl (C=O) groups excluding carboxylic acids is 3. The Morgan fingerprint density at radius 3 is 2.20 bits per heavy atom. The van der Waals surface area contributed by atoms with Crippen LogP contribution in [0.1, 0.15) is 47.1 Å². The summed E-state index contributed by atoms with van der Waals surface area (Å²) in [5, 5.41) is 65.9. The first-order valence-electron chi connectivity index (χ1n) is 18.6. The summed E-state index contributed by atoms with van der Waals surface area (Å²) in [6.45, 7) is 12.2. The van der Waals surface area contributed by atoms with Gasteiger partial charge in [-0.1, -0.05) is 45.9 Å². The molecule has 1 saturated heterocycles. The zero-order valence-electron chi connectivity index (χ0n) is 33.4. The Balaban J connectivity index is 1.94. The van der Waals surface area contributed by atoms with Crippen LogP contribution < -0.4 is 15.8 Å². The van der Waals surface area contributed by atoms with Gasteiger partial charge in [0.1, 0.15) is 23.7 Å². The lowest BCUT2D eigenvalue weighted by atomic mass is 9.78. The normalized spacial score (nSPS) is 32.2. The number of ether oxygens (including phenoxy) is 4. The third-order valence-corrected chi connectivity index (χ3v) is 10.9. The van der Waals surface area contributed by atoms with E-state index >= 15 is 0 Å². The van der Waals surface area contributed by atoms with Crippen LogP contribution in [0.2, 0.25) is 0 Å². The van der Waals surface area contributed by atoms with E-state index in [1.165, 1.54) is 46.4 Å². The number of aliphatic hydroxyl groups is 3. The van der Waals surface area contributed by atoms with E-state index in [0.29, 0.717) is 13.1 Å². The summed E-state index contributed by atoms with van der Waals surface area (Å²) in [5.41, 5.74) is -0.609. The van der Waals surface area contributed by atoms with Crippen LogP contribution >= 0.6 is 0 Å². The monoisotopic (exact) mass is 784 g/mol. The summed E-state index contributed by atoms with van der Waals surface area (Å²) in [6.07, 6.45) is 3.02. The highest BCUT2D eigenvalue weighted by molar-refractivity contribution is 6.16. The van der Waals surface area contributed by atoms with E-state index in [9.17, 15) is 39.9 Å². The number of hydrogen-bond donors (Lipinski definition) is 6. The van der Waals surface area contributed by atoms with Crippen molar-refractivity contribution in [1.29, 1.82) is 0 Å². The number of aliphatic hydroxyl groups excluding tert-OH is 3. The number of aromatic hydroxyl groups is 2. The van der Waals surface area contributed by atoms with Gasteiger partial charge in [0.05, 0.1) is 52.8 Å². The third kappa shape index (κ3) is 9.44. The van der Waals surface area contributed by atoms with Gasteiger partial charge < -0.3 is 54.7 Å². The van der Waals surface area contributed by atoms with Crippen LogP contribution in [-0.4, -0.2) is 137 Å². The van der Waals surface area contributed by atoms with Gasteiger partial charge >= 0.3 is 11.9 Å². The highest BCUT2D eigenvalue weighted by Gasteiger charge is 2.40. The number of carbonyl (C=O) groups is 3. The van der Waals surface area contributed by atoms with Crippen molar-refractivity contribution in [3.8, 4) is 11.5 Å². The maximum Gasteiger partial charge on any atom is 0.342 e. The van der Waals surface area contributed by atoms with Crippen molar-refractivity contribution >= 4 is 41.1 Å². The second kappa shape index (κ2) is 18.9. The number of methoxy groups -OCH3 is 2. The first kappa shape index (κ1) is 44.0. The van der Waals surface area contributed by atoms with E-state index < -0.39 is 89.3 Å². The molecular formula is C40H56N4O12. The van der Waals surface area contributed by atoms with Gasteiger partial charge in [0.2, 0.25) is 0 Å². The first-order chi connectivity index (χ1) is 26.4. The van der Waals surface area contributed by atoms with E-state index in [0.717, 1.165) is 19.4 Å². The van der Waals surface area contributed by atoms with Crippen LogP contribution in [0.4, 0.5) is 5.69 Å². The lowest BCUT2D eigenvalue weighted by Crippen LogP contribution is -2.46. The molecule has 3 aliphatic heterocycles. The Bertz CT molecular complexity index is 1880. The average Bonchev–Trinajstić information content (AvgIpc) is 3.48. The number of nitrogens with one attached hydrogen (secondary N) is 1. The lowest BCUT2D eigenvalue weighted by molar-refractivity contribution is -0.160. The van der Waals surface area contributed by atoms with Gasteiger partial charge in [-0.3, -0.25) is 14.6 Å². The smallest absolute Gasteiger partial charge is 0.342 e. The van der Waals surface area contributed by atoms with Gasteiger partial charge in [-0.15, -0.1) is 0 Å². The van der Waals surface area contributed by atoms with Crippen LogP contribution in [0.25, 0.3) is 11.3 Å². The van der Waals surface area contributed by atoms with Gasteiger partial charge in [0.25, 0.3) is 5.91 Å². The fourth-order valence-corrected chi connectivity index (χ4v) is 7.31. The van der Waals surface area contributed by atoms with Crippen molar-refractivity contribution in [1.82, 2.24) is 9.91 Å². The van der Waals surface area contributed by atoms with Gasteiger partial charge in [-0.05, 0) is 20.0 Å². The summed E-state index contributed by atoms with van der Waals surface area (Å²) >= 11 is 0. The molecule has 1 amide bonds. The molecule has 0 aromatic heterocycles. The zero-order chi connectivity index (χ0) is 41.6. The minimum absolute atomic E-state index is 0.149. The number of hydrazone groups is 1. The molecule has 0 spiro atoms.